The first kappa shape index (κ1) is 19.1. The Bertz CT molecular complexity index is 850. The second-order valence-electron chi connectivity index (χ2n) is 8.51. The third-order valence-electron chi connectivity index (χ3n) is 6.83. The fourth-order valence-corrected chi connectivity index (χ4v) is 4.76. The summed E-state index contributed by atoms with van der Waals surface area (Å²) in [6.07, 6.45) is -2.60. The van der Waals surface area contributed by atoms with E-state index in [1.54, 1.807) is 12.1 Å². The number of hydrogen-bond acceptors (Lipinski definition) is 3. The van der Waals surface area contributed by atoms with E-state index < -0.39 is 23.5 Å². The Labute approximate surface area is 160 Å². The van der Waals surface area contributed by atoms with Gasteiger partial charge < -0.3 is 15.3 Å². The molecule has 1 saturated carbocycles. The maximum atomic E-state index is 13.0. The number of rotatable bonds is 2. The van der Waals surface area contributed by atoms with Gasteiger partial charge in [-0.05, 0) is 60.3 Å². The Kier molecular flexibility index (Phi) is 4.17. The molecule has 2 fully saturated rings. The maximum absolute atomic E-state index is 13.0. The normalized spacial score (nSPS) is 29.2. The number of carbonyl (C=O) groups is 2. The van der Waals surface area contributed by atoms with Crippen LogP contribution in [0.25, 0.3) is 0 Å². The number of fused-ring (bicyclic) bond motifs is 4. The summed E-state index contributed by atoms with van der Waals surface area (Å²) in [6.45, 7) is 3.87. The van der Waals surface area contributed by atoms with Gasteiger partial charge in [-0.25, -0.2) is 0 Å². The van der Waals surface area contributed by atoms with Crippen molar-refractivity contribution in [3.05, 3.63) is 23.3 Å². The third-order valence-corrected chi connectivity index (χ3v) is 6.83. The van der Waals surface area contributed by atoms with E-state index in [0.29, 0.717) is 6.42 Å². The summed E-state index contributed by atoms with van der Waals surface area (Å²) < 4.78 is 39.1. The fraction of sp³-hybridized carbons (Fsp3) is 0.600. The maximum Gasteiger partial charge on any atom is 0.471 e. The highest BCUT2D eigenvalue weighted by Gasteiger charge is 2.54. The quantitative estimate of drug-likeness (QED) is 0.754. The minimum absolute atomic E-state index is 0.0320. The van der Waals surface area contributed by atoms with Crippen LogP contribution in [0, 0.1) is 11.8 Å². The molecular weight excluding hydrogens is 373 g/mol. The summed E-state index contributed by atoms with van der Waals surface area (Å²) in [7, 11) is 0. The second kappa shape index (κ2) is 6.12. The van der Waals surface area contributed by atoms with Gasteiger partial charge in [0.25, 0.3) is 0 Å². The van der Waals surface area contributed by atoms with Crippen LogP contribution in [0.4, 0.5) is 18.9 Å². The molecule has 3 atom stereocenters. The molecular formula is C20H23F3N2O3. The predicted molar refractivity (Wildman–Crippen MR) is 95.9 cm³/mol. The molecule has 1 aromatic carbocycles. The Morgan fingerprint density at radius 3 is 2.57 bits per heavy atom. The number of amides is 2. The fourth-order valence-electron chi connectivity index (χ4n) is 4.76. The van der Waals surface area contributed by atoms with Crippen LogP contribution in [0.5, 0.6) is 5.75 Å². The van der Waals surface area contributed by atoms with E-state index in [-0.39, 0.29) is 42.1 Å². The monoisotopic (exact) mass is 396 g/mol. The van der Waals surface area contributed by atoms with Crippen molar-refractivity contribution in [2.24, 2.45) is 11.8 Å². The summed E-state index contributed by atoms with van der Waals surface area (Å²) >= 11 is 0. The van der Waals surface area contributed by atoms with Crippen molar-refractivity contribution >= 4 is 17.5 Å². The van der Waals surface area contributed by atoms with Crippen LogP contribution in [0.15, 0.2) is 12.1 Å². The smallest absolute Gasteiger partial charge is 0.471 e. The van der Waals surface area contributed by atoms with Crippen LogP contribution in [-0.2, 0) is 21.4 Å². The largest absolute Gasteiger partial charge is 0.506 e. The van der Waals surface area contributed by atoms with Crippen LogP contribution in [0.3, 0.4) is 0 Å². The molecule has 28 heavy (non-hydrogen) atoms. The van der Waals surface area contributed by atoms with E-state index >= 15 is 0 Å². The Balaban J connectivity index is 1.70. The number of hydrogen-bond donors (Lipinski definition) is 2. The molecule has 2 bridgehead atoms. The zero-order valence-electron chi connectivity index (χ0n) is 15.8. The number of phenols is 1. The molecule has 3 aliphatic rings. The van der Waals surface area contributed by atoms with E-state index in [4.69, 9.17) is 0 Å². The zero-order chi connectivity index (χ0) is 20.4. The van der Waals surface area contributed by atoms with Crippen LogP contribution in [0.2, 0.25) is 0 Å². The Morgan fingerprint density at radius 1 is 1.29 bits per heavy atom. The molecule has 152 valence electrons. The molecule has 4 rings (SSSR count). The summed E-state index contributed by atoms with van der Waals surface area (Å²) in [5.74, 6) is -2.21. The van der Waals surface area contributed by atoms with E-state index in [2.05, 4.69) is 5.32 Å². The number of phenolic OH excluding ortho intramolecular Hbond substituents is 1. The van der Waals surface area contributed by atoms with Crippen LogP contribution in [0.1, 0.15) is 44.2 Å². The van der Waals surface area contributed by atoms with Crippen LogP contribution >= 0.6 is 0 Å². The molecule has 1 aliphatic heterocycles. The van der Waals surface area contributed by atoms with E-state index in [9.17, 15) is 27.9 Å². The summed E-state index contributed by atoms with van der Waals surface area (Å²) in [4.78, 5) is 24.9. The molecule has 1 heterocycles. The standard InChI is InChI=1S/C20H23F3N2O3/c1-10-15-8-12-7-14(24-17(27)11-3-4-11)16(26)9-13(12)19(10,2)5-6-25(15)18(28)20(21,22)23/h7,9-11,15,26H,3-6,8H2,1-2H3,(H,24,27)/t10-,15-,19-/m1/s1. The molecule has 2 aliphatic carbocycles. The van der Waals surface area contributed by atoms with Crippen LogP contribution < -0.4 is 5.32 Å². The number of aromatic hydroxyl groups is 1. The Hall–Kier alpha value is -2.25. The van der Waals surface area contributed by atoms with Crippen LogP contribution in [-0.4, -0.2) is 40.6 Å². The lowest BCUT2D eigenvalue weighted by atomic mass is 9.59. The van der Waals surface area contributed by atoms with Gasteiger partial charge in [0.05, 0.1) is 5.69 Å². The topological polar surface area (TPSA) is 69.6 Å². The molecule has 1 aromatic rings. The van der Waals surface area contributed by atoms with Crippen molar-refractivity contribution in [2.45, 2.75) is 57.2 Å². The lowest BCUT2D eigenvalue weighted by Gasteiger charge is -2.54. The highest BCUT2D eigenvalue weighted by Crippen LogP contribution is 2.51. The highest BCUT2D eigenvalue weighted by molar-refractivity contribution is 5.95. The number of carbonyl (C=O) groups excluding carboxylic acids is 2. The van der Waals surface area contributed by atoms with Crippen molar-refractivity contribution in [1.82, 2.24) is 4.90 Å². The van der Waals surface area contributed by atoms with Crippen molar-refractivity contribution < 1.29 is 27.9 Å². The highest BCUT2D eigenvalue weighted by atomic mass is 19.4. The van der Waals surface area contributed by atoms with Crippen molar-refractivity contribution in [1.29, 1.82) is 0 Å². The van der Waals surface area contributed by atoms with Crippen molar-refractivity contribution in [2.75, 3.05) is 11.9 Å². The number of nitrogens with zero attached hydrogens (tertiary/aromatic N) is 1. The van der Waals surface area contributed by atoms with Gasteiger partial charge in [-0.15, -0.1) is 0 Å². The second-order valence-corrected chi connectivity index (χ2v) is 8.51. The summed E-state index contributed by atoms with van der Waals surface area (Å²) in [5.41, 5.74) is 1.49. The molecule has 2 amide bonds. The van der Waals surface area contributed by atoms with E-state index in [1.165, 1.54) is 0 Å². The number of halogens is 3. The molecule has 0 radical (unpaired) electrons. The average Bonchev–Trinajstić information content (AvgIpc) is 3.44. The Morgan fingerprint density at radius 2 is 1.96 bits per heavy atom. The summed E-state index contributed by atoms with van der Waals surface area (Å²) in [6, 6.07) is 2.71. The summed E-state index contributed by atoms with van der Waals surface area (Å²) in [5, 5.41) is 13.2. The van der Waals surface area contributed by atoms with Gasteiger partial charge in [0, 0.05) is 18.5 Å². The van der Waals surface area contributed by atoms with Gasteiger partial charge >= 0.3 is 12.1 Å². The van der Waals surface area contributed by atoms with Gasteiger partial charge in [-0.2, -0.15) is 13.2 Å². The number of likely N-dealkylation sites (tertiary alicyclic amines) is 1. The number of piperidine rings is 1. The van der Waals surface area contributed by atoms with Gasteiger partial charge in [0.2, 0.25) is 5.91 Å². The van der Waals surface area contributed by atoms with Gasteiger partial charge in [0.1, 0.15) is 5.75 Å². The van der Waals surface area contributed by atoms with Gasteiger partial charge in [-0.1, -0.05) is 13.8 Å². The number of benzene rings is 1. The molecule has 0 unspecified atom stereocenters. The number of alkyl halides is 3. The molecule has 0 spiro atoms. The minimum atomic E-state index is -4.90. The van der Waals surface area contributed by atoms with Crippen molar-refractivity contribution in [3.63, 3.8) is 0 Å². The number of anilines is 1. The first-order chi connectivity index (χ1) is 13.0. The lowest BCUT2D eigenvalue weighted by molar-refractivity contribution is -0.192. The average molecular weight is 396 g/mol. The molecule has 2 N–H and O–H groups in total. The first-order valence-corrected chi connectivity index (χ1v) is 9.57. The molecule has 5 nitrogen and oxygen atoms in total. The minimum Gasteiger partial charge on any atom is -0.506 e. The molecule has 1 saturated heterocycles. The predicted octanol–water partition coefficient (Wildman–Crippen LogP) is 3.35. The van der Waals surface area contributed by atoms with Gasteiger partial charge in [0.15, 0.2) is 0 Å². The van der Waals surface area contributed by atoms with Gasteiger partial charge in [-0.3, -0.25) is 9.59 Å². The van der Waals surface area contributed by atoms with E-state index in [1.807, 2.05) is 13.8 Å². The zero-order valence-corrected chi connectivity index (χ0v) is 15.8. The number of nitrogens with one attached hydrogen (secondary N) is 1. The third kappa shape index (κ3) is 2.93. The van der Waals surface area contributed by atoms with E-state index in [0.717, 1.165) is 28.9 Å². The molecule has 0 aromatic heterocycles. The first-order valence-electron chi connectivity index (χ1n) is 9.57. The SMILES string of the molecule is C[C@@H]1[C@H]2Cc3cc(NC(=O)C4CC4)c(O)cc3[C@]1(C)CCN2C(=O)C(F)(F)F. The lowest BCUT2D eigenvalue weighted by Crippen LogP contribution is -2.61. The van der Waals surface area contributed by atoms with Crippen molar-refractivity contribution in [3.8, 4) is 5.75 Å². The molecule has 8 heteroatoms.